The molecule has 1 aromatic heterocycles. The highest BCUT2D eigenvalue weighted by Gasteiger charge is 1.99. The molecule has 102 valence electrons. The van der Waals surface area contributed by atoms with Crippen molar-refractivity contribution in [3.8, 4) is 0 Å². The van der Waals surface area contributed by atoms with Crippen LogP contribution in [0.1, 0.15) is 5.56 Å². The Morgan fingerprint density at radius 2 is 1.95 bits per heavy atom. The lowest BCUT2D eigenvalue weighted by Gasteiger charge is -2.06. The van der Waals surface area contributed by atoms with Gasteiger partial charge in [-0.15, -0.1) is 0 Å². The Morgan fingerprint density at radius 3 is 2.80 bits per heavy atom. The Balaban J connectivity index is 1.69. The maximum Gasteiger partial charge on any atom is 0.0640 e. The molecule has 0 bridgehead atoms. The molecule has 0 amide bonds. The van der Waals surface area contributed by atoms with E-state index < -0.39 is 0 Å². The molecule has 0 aliphatic carbocycles. The number of rotatable bonds is 5. The summed E-state index contributed by atoms with van der Waals surface area (Å²) >= 11 is 0. The third-order valence-electron chi connectivity index (χ3n) is 3.26. The highest BCUT2D eigenvalue weighted by molar-refractivity contribution is 5.85. The number of aliphatic hydroxyl groups excluding tert-OH is 1. The predicted octanol–water partition coefficient (Wildman–Crippen LogP) is 2.64. The number of hydrogen-bond donors (Lipinski definition) is 2. The molecule has 0 spiro atoms. The molecule has 4 nitrogen and oxygen atoms in total. The summed E-state index contributed by atoms with van der Waals surface area (Å²) in [5.74, 6) is 0. The van der Waals surface area contributed by atoms with E-state index >= 15 is 0 Å². The molecule has 1 heterocycles. The molecule has 0 fully saturated rings. The zero-order valence-electron chi connectivity index (χ0n) is 11.2. The fourth-order valence-corrected chi connectivity index (χ4v) is 2.23. The van der Waals surface area contributed by atoms with E-state index in [2.05, 4.69) is 40.7 Å². The van der Waals surface area contributed by atoms with Crippen LogP contribution in [0.2, 0.25) is 0 Å². The van der Waals surface area contributed by atoms with Crippen LogP contribution < -0.4 is 5.32 Å². The van der Waals surface area contributed by atoms with Crippen LogP contribution >= 0.6 is 0 Å². The summed E-state index contributed by atoms with van der Waals surface area (Å²) in [6.45, 7) is 1.37. The molecule has 0 atom stereocenters. The molecule has 3 rings (SSSR count). The normalized spacial score (nSPS) is 10.8. The Hall–Kier alpha value is -2.33. The molecule has 3 aromatic rings. The summed E-state index contributed by atoms with van der Waals surface area (Å²) in [6.07, 6.45) is 3.77. The van der Waals surface area contributed by atoms with Crippen LogP contribution in [0, 0.1) is 0 Å². The largest absolute Gasteiger partial charge is 0.394 e. The van der Waals surface area contributed by atoms with Gasteiger partial charge in [-0.2, -0.15) is 5.10 Å². The fraction of sp³-hybridized carbons (Fsp3) is 0.188. The second-order valence-corrected chi connectivity index (χ2v) is 4.75. The van der Waals surface area contributed by atoms with Crippen molar-refractivity contribution >= 4 is 16.5 Å². The highest BCUT2D eigenvalue weighted by atomic mass is 16.3. The van der Waals surface area contributed by atoms with Crippen LogP contribution in [0.3, 0.4) is 0 Å². The van der Waals surface area contributed by atoms with E-state index in [0.717, 1.165) is 17.8 Å². The van der Waals surface area contributed by atoms with E-state index in [1.165, 1.54) is 10.8 Å². The number of anilines is 1. The zero-order valence-corrected chi connectivity index (χ0v) is 11.2. The molecule has 2 N–H and O–H groups in total. The molecular weight excluding hydrogens is 250 g/mol. The third kappa shape index (κ3) is 2.81. The van der Waals surface area contributed by atoms with Crippen molar-refractivity contribution in [3.05, 3.63) is 60.4 Å². The number of aliphatic hydroxyl groups is 1. The van der Waals surface area contributed by atoms with Crippen molar-refractivity contribution in [2.75, 3.05) is 11.9 Å². The minimum absolute atomic E-state index is 0.110. The van der Waals surface area contributed by atoms with Crippen molar-refractivity contribution in [3.63, 3.8) is 0 Å². The third-order valence-corrected chi connectivity index (χ3v) is 3.26. The Labute approximate surface area is 117 Å². The van der Waals surface area contributed by atoms with Gasteiger partial charge in [-0.25, -0.2) is 0 Å². The Kier molecular flexibility index (Phi) is 3.65. The maximum atomic E-state index is 8.86. The molecule has 0 saturated carbocycles. The highest BCUT2D eigenvalue weighted by Crippen LogP contribution is 2.19. The van der Waals surface area contributed by atoms with Crippen LogP contribution in [0.25, 0.3) is 10.8 Å². The zero-order chi connectivity index (χ0) is 13.8. The average Bonchev–Trinajstić information content (AvgIpc) is 2.93. The minimum Gasteiger partial charge on any atom is -0.394 e. The van der Waals surface area contributed by atoms with Crippen molar-refractivity contribution in [2.45, 2.75) is 13.1 Å². The predicted molar refractivity (Wildman–Crippen MR) is 80.6 cm³/mol. The number of hydrogen-bond acceptors (Lipinski definition) is 3. The van der Waals surface area contributed by atoms with E-state index in [0.29, 0.717) is 6.54 Å². The quantitative estimate of drug-likeness (QED) is 0.747. The monoisotopic (exact) mass is 267 g/mol. The molecule has 0 aliphatic rings. The molecule has 4 heteroatoms. The van der Waals surface area contributed by atoms with Crippen LogP contribution in [-0.2, 0) is 13.1 Å². The molecule has 0 radical (unpaired) electrons. The summed E-state index contributed by atoms with van der Waals surface area (Å²) in [6, 6.07) is 14.7. The van der Waals surface area contributed by atoms with Gasteiger partial charge in [0.15, 0.2) is 0 Å². The number of fused-ring (bicyclic) bond motifs is 1. The van der Waals surface area contributed by atoms with Crippen molar-refractivity contribution in [2.24, 2.45) is 0 Å². The molecule has 0 aliphatic heterocycles. The SMILES string of the molecule is OCCn1cc(CNc2ccc3ccccc3c2)cn1. The van der Waals surface area contributed by atoms with Crippen LogP contribution in [0.5, 0.6) is 0 Å². The second kappa shape index (κ2) is 5.75. The summed E-state index contributed by atoms with van der Waals surface area (Å²) < 4.78 is 1.75. The van der Waals surface area contributed by atoms with Gasteiger partial charge in [-0.1, -0.05) is 30.3 Å². The van der Waals surface area contributed by atoms with E-state index in [1.54, 1.807) is 4.68 Å². The Morgan fingerprint density at radius 1 is 1.10 bits per heavy atom. The van der Waals surface area contributed by atoms with Gasteiger partial charge in [0.05, 0.1) is 19.3 Å². The van der Waals surface area contributed by atoms with Crippen molar-refractivity contribution < 1.29 is 5.11 Å². The van der Waals surface area contributed by atoms with Gasteiger partial charge in [0.25, 0.3) is 0 Å². The van der Waals surface area contributed by atoms with Crippen LogP contribution in [-0.4, -0.2) is 21.5 Å². The first-order valence-corrected chi connectivity index (χ1v) is 6.70. The second-order valence-electron chi connectivity index (χ2n) is 4.75. The van der Waals surface area contributed by atoms with Gasteiger partial charge >= 0.3 is 0 Å². The standard InChI is InChI=1S/C16H17N3O/c20-8-7-19-12-13(11-18-19)10-17-16-6-5-14-3-1-2-4-15(14)9-16/h1-6,9,11-12,17,20H,7-8,10H2. The summed E-state index contributed by atoms with van der Waals surface area (Å²) in [7, 11) is 0. The lowest BCUT2D eigenvalue weighted by molar-refractivity contribution is 0.269. The Bertz CT molecular complexity index is 706. The number of nitrogens with one attached hydrogen (secondary N) is 1. The van der Waals surface area contributed by atoms with Gasteiger partial charge in [-0.3, -0.25) is 4.68 Å². The van der Waals surface area contributed by atoms with Gasteiger partial charge in [0.2, 0.25) is 0 Å². The van der Waals surface area contributed by atoms with Crippen molar-refractivity contribution in [1.29, 1.82) is 0 Å². The molecule has 0 saturated heterocycles. The van der Waals surface area contributed by atoms with Crippen molar-refractivity contribution in [1.82, 2.24) is 9.78 Å². The lowest BCUT2D eigenvalue weighted by atomic mass is 10.1. The number of benzene rings is 2. The first kappa shape index (κ1) is 12.7. The topological polar surface area (TPSA) is 50.1 Å². The van der Waals surface area contributed by atoms with E-state index in [1.807, 2.05) is 24.5 Å². The number of nitrogens with zero attached hydrogens (tertiary/aromatic N) is 2. The molecule has 0 unspecified atom stereocenters. The van der Waals surface area contributed by atoms with E-state index in [9.17, 15) is 0 Å². The van der Waals surface area contributed by atoms with Crippen LogP contribution in [0.4, 0.5) is 5.69 Å². The van der Waals surface area contributed by atoms with E-state index in [-0.39, 0.29) is 6.61 Å². The first-order valence-electron chi connectivity index (χ1n) is 6.70. The smallest absolute Gasteiger partial charge is 0.0640 e. The first-order chi connectivity index (χ1) is 9.85. The molecular formula is C16H17N3O. The minimum atomic E-state index is 0.110. The summed E-state index contributed by atoms with van der Waals surface area (Å²) in [4.78, 5) is 0. The van der Waals surface area contributed by atoms with Gasteiger partial charge in [0, 0.05) is 24.0 Å². The van der Waals surface area contributed by atoms with Gasteiger partial charge < -0.3 is 10.4 Å². The molecule has 20 heavy (non-hydrogen) atoms. The van der Waals surface area contributed by atoms with Gasteiger partial charge in [0.1, 0.15) is 0 Å². The fourth-order valence-electron chi connectivity index (χ4n) is 2.23. The summed E-state index contributed by atoms with van der Waals surface area (Å²) in [5.41, 5.74) is 2.20. The lowest BCUT2D eigenvalue weighted by Crippen LogP contribution is -2.02. The van der Waals surface area contributed by atoms with Crippen LogP contribution in [0.15, 0.2) is 54.9 Å². The number of aromatic nitrogens is 2. The van der Waals surface area contributed by atoms with Gasteiger partial charge in [-0.05, 0) is 22.9 Å². The maximum absolute atomic E-state index is 8.86. The average molecular weight is 267 g/mol. The van der Waals surface area contributed by atoms with E-state index in [4.69, 9.17) is 5.11 Å². The summed E-state index contributed by atoms with van der Waals surface area (Å²) in [5, 5.41) is 18.9. The molecule has 2 aromatic carbocycles.